The Hall–Kier alpha value is 0.716. The molecule has 0 amide bonds. The maximum Gasteiger partial charge on any atom is 2.00 e. The van der Waals surface area contributed by atoms with Crippen LogP contribution >= 0.6 is 16.3 Å². The average molecular weight is 151 g/mol. The molecule has 0 rings (SSSR count). The monoisotopic (exact) mass is 150 g/mol. The summed E-state index contributed by atoms with van der Waals surface area (Å²) in [6, 6.07) is 0. The molecule has 0 spiro atoms. The van der Waals surface area contributed by atoms with Crippen LogP contribution in [0.2, 0.25) is 0 Å². The minimum Gasteiger partial charge on any atom is -1.00 e. The average Bonchev–Trinajstić information content (AvgIpc) is 1.37. The van der Waals surface area contributed by atoms with Crippen molar-refractivity contribution < 1.29 is 11.5 Å². The smallest absolute Gasteiger partial charge is 1.00 e. The maximum absolute atomic E-state index is 8.90. The van der Waals surface area contributed by atoms with Crippen LogP contribution in [-0.4, -0.2) is 29.5 Å². The van der Waals surface area contributed by atoms with Gasteiger partial charge in [0.1, 0.15) is 0 Å². The Morgan fingerprint density at radius 3 is 2.20 bits per heavy atom. The van der Waals surface area contributed by atoms with E-state index in [-0.39, 0.29) is 25.9 Å². The van der Waals surface area contributed by atoms with Crippen molar-refractivity contribution in [3.8, 4) is 0 Å². The van der Waals surface area contributed by atoms with E-state index in [1.54, 1.807) is 0 Å². The van der Waals surface area contributed by atoms with E-state index in [9.17, 15) is 0 Å². The predicted molar refractivity (Wildman–Crippen MR) is 24.1 cm³/mol. The van der Waals surface area contributed by atoms with E-state index in [1.807, 2.05) is 0 Å². The third-order valence-electron chi connectivity index (χ3n) is 0.0364. The third kappa shape index (κ3) is 11.8. The van der Waals surface area contributed by atoms with E-state index in [4.69, 9.17) is 4.79 Å². The molecule has 0 unspecified atom stereocenters. The molecule has 0 aromatic heterocycles. The van der Waals surface area contributed by atoms with Crippen molar-refractivity contribution in [1.82, 2.24) is 0 Å². The van der Waals surface area contributed by atoms with Crippen LogP contribution in [0, 0.1) is 0 Å². The summed E-state index contributed by atoms with van der Waals surface area (Å²) >= 11 is 2.38. The summed E-state index contributed by atoms with van der Waals surface area (Å²) in [5.74, 6) is 0. The summed E-state index contributed by atoms with van der Waals surface area (Å²) in [7, 11) is 0. The SMILES string of the molecule is O=COBr.[H-].[H-].[Mg+2]. The summed E-state index contributed by atoms with van der Waals surface area (Å²) in [6.07, 6.45) is 0. The van der Waals surface area contributed by atoms with Crippen LogP contribution in [0.3, 0.4) is 0 Å². The zero-order chi connectivity index (χ0) is 3.41. The Morgan fingerprint density at radius 1 is 2.00 bits per heavy atom. The number of halogens is 1. The molecule has 5 heavy (non-hydrogen) atoms. The number of carbonyl (C=O) groups excluding carboxylic acids is 1. The first-order valence-corrected chi connectivity index (χ1v) is 1.27. The van der Waals surface area contributed by atoms with E-state index >= 15 is 0 Å². The van der Waals surface area contributed by atoms with Crippen LogP contribution in [0.1, 0.15) is 2.85 Å². The van der Waals surface area contributed by atoms with Gasteiger partial charge in [-0.25, -0.2) is 0 Å². The fourth-order valence-electron chi connectivity index (χ4n) is 0. The second-order valence-electron chi connectivity index (χ2n) is 0.185. The molecule has 28 valence electrons. The molecule has 0 saturated heterocycles. The van der Waals surface area contributed by atoms with Crippen LogP contribution in [-0.2, 0) is 8.62 Å². The van der Waals surface area contributed by atoms with Gasteiger partial charge in [-0.05, 0) is 0 Å². The maximum atomic E-state index is 8.90. The molecule has 0 aromatic rings. The normalized spacial score (nSPS) is 4.20. The van der Waals surface area contributed by atoms with Crippen molar-refractivity contribution in [3.05, 3.63) is 0 Å². The molecular weight excluding hydrogens is 148 g/mol. The fraction of sp³-hybridized carbons (Fsp3) is 0. The Labute approximate surface area is 57.4 Å². The number of carbonyl (C=O) groups is 1. The van der Waals surface area contributed by atoms with Gasteiger partial charge in [0.2, 0.25) is 0 Å². The molecule has 0 radical (unpaired) electrons. The van der Waals surface area contributed by atoms with Gasteiger partial charge in [0.25, 0.3) is 0 Å². The first-order chi connectivity index (χ1) is 1.91. The van der Waals surface area contributed by atoms with Crippen molar-refractivity contribution in [2.24, 2.45) is 0 Å². The number of hydrogen-bond acceptors (Lipinski definition) is 2. The van der Waals surface area contributed by atoms with Crippen molar-refractivity contribution in [2.75, 3.05) is 0 Å². The summed E-state index contributed by atoms with van der Waals surface area (Å²) < 4.78 is 3.67. The van der Waals surface area contributed by atoms with Gasteiger partial charge in [0, 0.05) is 0 Å². The minimum atomic E-state index is 0. The van der Waals surface area contributed by atoms with Crippen LogP contribution in [0.4, 0.5) is 0 Å². The van der Waals surface area contributed by atoms with Gasteiger partial charge in [-0.3, -0.25) is 4.79 Å². The standard InChI is InChI=1S/CHBrO2.Mg.2H/c2-4-1-3;;;/h1H;;;/q;+2;2*-1. The largest absolute Gasteiger partial charge is 2.00 e. The number of rotatable bonds is 1. The topological polar surface area (TPSA) is 26.3 Å². The molecule has 0 aliphatic rings. The molecule has 0 saturated carbocycles. The Morgan fingerprint density at radius 2 is 2.20 bits per heavy atom. The van der Waals surface area contributed by atoms with Crippen molar-refractivity contribution in [1.29, 1.82) is 0 Å². The van der Waals surface area contributed by atoms with Gasteiger partial charge in [-0.15, -0.1) is 0 Å². The van der Waals surface area contributed by atoms with Crippen LogP contribution in [0.25, 0.3) is 0 Å². The van der Waals surface area contributed by atoms with Gasteiger partial charge in [0.05, 0.1) is 0 Å². The summed E-state index contributed by atoms with van der Waals surface area (Å²) in [5.41, 5.74) is 0. The zero-order valence-electron chi connectivity index (χ0n) is 4.48. The second kappa shape index (κ2) is 8.83. The molecule has 0 heterocycles. The molecule has 2 nitrogen and oxygen atoms in total. The summed E-state index contributed by atoms with van der Waals surface area (Å²) in [4.78, 5) is 8.90. The molecule has 0 aliphatic heterocycles. The van der Waals surface area contributed by atoms with Crippen molar-refractivity contribution in [2.45, 2.75) is 0 Å². The van der Waals surface area contributed by atoms with Crippen LogP contribution in [0.5, 0.6) is 0 Å². The van der Waals surface area contributed by atoms with Gasteiger partial charge in [0.15, 0.2) is 16.3 Å². The van der Waals surface area contributed by atoms with Crippen LogP contribution in [0.15, 0.2) is 0 Å². The fourth-order valence-corrected chi connectivity index (χ4v) is 0. The minimum absolute atomic E-state index is 0. The molecular formula is CH3BrMgO2. The Balaban J connectivity index is -0.0000000150. The summed E-state index contributed by atoms with van der Waals surface area (Å²) in [5, 5.41) is 0. The predicted octanol–water partition coefficient (Wildman–Crippen LogP) is 0.314. The van der Waals surface area contributed by atoms with Gasteiger partial charge in [-0.1, -0.05) is 0 Å². The first-order valence-electron chi connectivity index (χ1n) is 0.626. The first kappa shape index (κ1) is 9.21. The van der Waals surface area contributed by atoms with E-state index in [0.717, 1.165) is 0 Å². The van der Waals surface area contributed by atoms with E-state index in [2.05, 4.69) is 20.1 Å². The molecule has 0 aromatic carbocycles. The van der Waals surface area contributed by atoms with Crippen LogP contribution < -0.4 is 0 Å². The molecule has 0 bridgehead atoms. The summed E-state index contributed by atoms with van der Waals surface area (Å²) in [6.45, 7) is 0.292. The Bertz CT molecular complexity index is 29.7. The van der Waals surface area contributed by atoms with E-state index in [1.165, 1.54) is 0 Å². The molecule has 4 heteroatoms. The molecule has 0 atom stereocenters. The quantitative estimate of drug-likeness (QED) is 0.398. The Kier molecular flexibility index (Phi) is 16.3. The second-order valence-corrected chi connectivity index (χ2v) is 0.559. The van der Waals surface area contributed by atoms with Crippen molar-refractivity contribution in [3.63, 3.8) is 0 Å². The van der Waals surface area contributed by atoms with Crippen molar-refractivity contribution >= 4 is 45.8 Å². The van der Waals surface area contributed by atoms with Gasteiger partial charge in [-0.2, -0.15) is 0 Å². The van der Waals surface area contributed by atoms with Gasteiger partial charge < -0.3 is 6.68 Å². The third-order valence-corrected chi connectivity index (χ3v) is 0.189. The number of hydrogen-bond donors (Lipinski definition) is 0. The molecule has 0 N–H and O–H groups in total. The molecule has 0 aliphatic carbocycles. The van der Waals surface area contributed by atoms with E-state index < -0.39 is 0 Å². The van der Waals surface area contributed by atoms with E-state index in [0.29, 0.717) is 6.47 Å². The van der Waals surface area contributed by atoms with Gasteiger partial charge >= 0.3 is 29.5 Å². The zero-order valence-corrected chi connectivity index (χ0v) is 5.48. The molecule has 0 fully saturated rings.